The number of hydrogen-bond donors (Lipinski definition) is 4. The zero-order valence-corrected chi connectivity index (χ0v) is 17.4. The molecule has 3 aromatic rings. The Kier molecular flexibility index (Phi) is 5.85. The first-order valence-electron chi connectivity index (χ1n) is 9.68. The van der Waals surface area contributed by atoms with Crippen molar-refractivity contribution in [2.24, 2.45) is 0 Å². The fourth-order valence-electron chi connectivity index (χ4n) is 3.25. The first kappa shape index (κ1) is 21.4. The molecule has 0 aliphatic carbocycles. The van der Waals surface area contributed by atoms with Crippen LogP contribution in [0.2, 0.25) is 0 Å². The van der Waals surface area contributed by atoms with E-state index in [1.165, 1.54) is 12.1 Å². The van der Waals surface area contributed by atoms with Crippen LogP contribution in [0.3, 0.4) is 0 Å². The summed E-state index contributed by atoms with van der Waals surface area (Å²) in [5.74, 6) is -0.762. The molecule has 0 radical (unpaired) electrons. The van der Waals surface area contributed by atoms with Gasteiger partial charge < -0.3 is 25.3 Å². The van der Waals surface area contributed by atoms with Crippen LogP contribution in [0.4, 0.5) is 11.6 Å². The first-order valence-corrected chi connectivity index (χ1v) is 9.68. The molecule has 0 bridgehead atoms. The Morgan fingerprint density at radius 2 is 1.90 bits per heavy atom. The van der Waals surface area contributed by atoms with Crippen LogP contribution in [-0.2, 0) is 0 Å². The second kappa shape index (κ2) is 8.20. The lowest BCUT2D eigenvalue weighted by molar-refractivity contribution is 0.0697. The molecular weight excluding hydrogens is 384 g/mol. The number of carboxylic acid groups (broad SMARTS) is 1. The van der Waals surface area contributed by atoms with Gasteiger partial charge in [-0.1, -0.05) is 18.2 Å². The van der Waals surface area contributed by atoms with E-state index in [-0.39, 0.29) is 29.5 Å². The molecule has 0 amide bonds. The lowest BCUT2D eigenvalue weighted by atomic mass is 10.0. The highest BCUT2D eigenvalue weighted by Crippen LogP contribution is 2.30. The molecule has 0 aliphatic heterocycles. The molecule has 0 saturated carbocycles. The summed E-state index contributed by atoms with van der Waals surface area (Å²) in [5.41, 5.74) is 1.51. The maximum Gasteiger partial charge on any atom is 0.337 e. The lowest BCUT2D eigenvalue weighted by Gasteiger charge is -2.20. The summed E-state index contributed by atoms with van der Waals surface area (Å²) in [6.07, 6.45) is 0. The fourth-order valence-corrected chi connectivity index (χ4v) is 3.25. The smallest absolute Gasteiger partial charge is 0.337 e. The Balaban J connectivity index is 2.05. The van der Waals surface area contributed by atoms with E-state index in [9.17, 15) is 19.8 Å². The third-order valence-corrected chi connectivity index (χ3v) is 4.69. The minimum absolute atomic E-state index is 0.162. The molecule has 0 fully saturated rings. The third kappa shape index (κ3) is 4.80. The summed E-state index contributed by atoms with van der Waals surface area (Å²) >= 11 is 0. The largest absolute Gasteiger partial charge is 0.478 e. The Bertz CT molecular complexity index is 1140. The van der Waals surface area contributed by atoms with Gasteiger partial charge in [-0.05, 0) is 51.5 Å². The zero-order valence-electron chi connectivity index (χ0n) is 17.4. The number of anilines is 2. The van der Waals surface area contributed by atoms with E-state index >= 15 is 0 Å². The number of nitrogens with one attached hydrogen (secondary N) is 2. The van der Waals surface area contributed by atoms with Gasteiger partial charge >= 0.3 is 5.97 Å². The van der Waals surface area contributed by atoms with Crippen LogP contribution in [0.5, 0.6) is 0 Å². The molecule has 1 atom stereocenters. The maximum absolute atomic E-state index is 12.7. The molecule has 3 rings (SSSR count). The van der Waals surface area contributed by atoms with Crippen LogP contribution in [0.15, 0.2) is 51.7 Å². The molecule has 2 aromatic carbocycles. The van der Waals surface area contributed by atoms with Crippen LogP contribution >= 0.6 is 0 Å². The minimum Gasteiger partial charge on any atom is -0.478 e. The molecule has 7 heteroatoms. The highest BCUT2D eigenvalue weighted by Gasteiger charge is 2.19. The van der Waals surface area contributed by atoms with Crippen molar-refractivity contribution in [1.82, 2.24) is 0 Å². The zero-order chi connectivity index (χ0) is 22.1. The average Bonchev–Trinajstić information content (AvgIpc) is 2.66. The highest BCUT2D eigenvalue weighted by molar-refractivity contribution is 5.94. The van der Waals surface area contributed by atoms with E-state index in [2.05, 4.69) is 10.6 Å². The molecule has 1 aromatic heterocycles. The topological polar surface area (TPSA) is 112 Å². The maximum atomic E-state index is 12.7. The first-order chi connectivity index (χ1) is 14.0. The van der Waals surface area contributed by atoms with Crippen molar-refractivity contribution in [1.29, 1.82) is 0 Å². The molecule has 30 heavy (non-hydrogen) atoms. The Labute approximate surface area is 174 Å². The number of hydrogen-bond acceptors (Lipinski definition) is 6. The van der Waals surface area contributed by atoms with Gasteiger partial charge in [-0.15, -0.1) is 0 Å². The van der Waals surface area contributed by atoms with Gasteiger partial charge in [0.15, 0.2) is 11.3 Å². The van der Waals surface area contributed by atoms with Gasteiger partial charge in [-0.25, -0.2) is 4.79 Å². The lowest BCUT2D eigenvalue weighted by Crippen LogP contribution is -2.29. The van der Waals surface area contributed by atoms with E-state index in [4.69, 9.17) is 4.42 Å². The summed E-state index contributed by atoms with van der Waals surface area (Å²) in [5, 5.41) is 26.0. The van der Waals surface area contributed by atoms with Gasteiger partial charge in [-0.3, -0.25) is 4.79 Å². The van der Waals surface area contributed by atoms with Gasteiger partial charge in [0.05, 0.1) is 22.6 Å². The number of carboxylic acids is 1. The van der Waals surface area contributed by atoms with Crippen LogP contribution < -0.4 is 16.1 Å². The SMILES string of the molecule is Cc1cc(C(C)Nc2ccccc2C(=O)O)c2oc(NCC(C)(C)O)cc(=O)c2c1. The quantitative estimate of drug-likeness (QED) is 0.463. The highest BCUT2D eigenvalue weighted by atomic mass is 16.4. The number of aryl methyl sites for hydroxylation is 1. The molecule has 158 valence electrons. The standard InChI is InChI=1S/C23H26N2O5/c1-13-9-16(14(2)25-18-8-6-5-7-15(18)22(27)28)21-17(10-13)19(26)11-20(30-21)24-12-23(3,4)29/h5-11,14,24-25,29H,12H2,1-4H3,(H,27,28). The number of aromatic carboxylic acids is 1. The summed E-state index contributed by atoms with van der Waals surface area (Å²) < 4.78 is 5.98. The van der Waals surface area contributed by atoms with Crippen LogP contribution in [0, 0.1) is 6.92 Å². The molecule has 0 spiro atoms. The van der Waals surface area contributed by atoms with Crippen molar-refractivity contribution >= 4 is 28.5 Å². The predicted molar refractivity (Wildman–Crippen MR) is 117 cm³/mol. The monoisotopic (exact) mass is 410 g/mol. The molecule has 0 aliphatic rings. The van der Waals surface area contributed by atoms with E-state index < -0.39 is 11.6 Å². The number of aliphatic hydroxyl groups is 1. The average molecular weight is 410 g/mol. The molecule has 4 N–H and O–H groups in total. The number of fused-ring (bicyclic) bond motifs is 1. The second-order valence-electron chi connectivity index (χ2n) is 8.09. The van der Waals surface area contributed by atoms with Crippen molar-refractivity contribution in [3.8, 4) is 0 Å². The van der Waals surface area contributed by atoms with Crippen LogP contribution in [0.1, 0.15) is 48.3 Å². The fraction of sp³-hybridized carbons (Fsp3) is 0.304. The summed E-state index contributed by atoms with van der Waals surface area (Å²) in [6.45, 7) is 7.28. The van der Waals surface area contributed by atoms with E-state index in [1.807, 2.05) is 19.9 Å². The van der Waals surface area contributed by atoms with Crippen molar-refractivity contribution in [2.75, 3.05) is 17.2 Å². The molecule has 0 saturated heterocycles. The summed E-state index contributed by atoms with van der Waals surface area (Å²) in [7, 11) is 0. The number of carbonyl (C=O) groups is 1. The van der Waals surface area contributed by atoms with Gasteiger partial charge in [0, 0.05) is 23.9 Å². The Hall–Kier alpha value is -3.32. The van der Waals surface area contributed by atoms with Crippen molar-refractivity contribution < 1.29 is 19.4 Å². The normalized spacial score (nSPS) is 12.6. The van der Waals surface area contributed by atoms with Crippen molar-refractivity contribution in [3.63, 3.8) is 0 Å². The third-order valence-electron chi connectivity index (χ3n) is 4.69. The van der Waals surface area contributed by atoms with Crippen molar-refractivity contribution in [3.05, 3.63) is 69.4 Å². The summed E-state index contributed by atoms with van der Waals surface area (Å²) in [4.78, 5) is 24.2. The van der Waals surface area contributed by atoms with E-state index in [0.29, 0.717) is 16.7 Å². The predicted octanol–water partition coefficient (Wildman–Crippen LogP) is 4.16. The number of benzene rings is 2. The molecule has 1 heterocycles. The van der Waals surface area contributed by atoms with Gasteiger partial charge in [0.1, 0.15) is 5.58 Å². The van der Waals surface area contributed by atoms with Gasteiger partial charge in [-0.2, -0.15) is 0 Å². The van der Waals surface area contributed by atoms with Gasteiger partial charge in [0.2, 0.25) is 0 Å². The van der Waals surface area contributed by atoms with Crippen molar-refractivity contribution in [2.45, 2.75) is 39.3 Å². The molecule has 1 unspecified atom stereocenters. The molecular formula is C23H26N2O5. The van der Waals surface area contributed by atoms with Crippen LogP contribution in [0.25, 0.3) is 11.0 Å². The van der Waals surface area contributed by atoms with E-state index in [1.54, 1.807) is 38.1 Å². The van der Waals surface area contributed by atoms with E-state index in [0.717, 1.165) is 11.1 Å². The Morgan fingerprint density at radius 1 is 1.20 bits per heavy atom. The number of rotatable bonds is 7. The molecule has 7 nitrogen and oxygen atoms in total. The number of para-hydroxylation sites is 1. The van der Waals surface area contributed by atoms with Gasteiger partial charge in [0.25, 0.3) is 0 Å². The second-order valence-corrected chi connectivity index (χ2v) is 8.09. The Morgan fingerprint density at radius 3 is 2.57 bits per heavy atom. The minimum atomic E-state index is -1.02. The summed E-state index contributed by atoms with van der Waals surface area (Å²) in [6, 6.07) is 11.4. The van der Waals surface area contributed by atoms with Crippen LogP contribution in [-0.4, -0.2) is 28.3 Å².